The molecular weight excluding hydrogens is 344 g/mol. The molecule has 0 aliphatic carbocycles. The molecule has 1 aromatic carbocycles. The van der Waals surface area contributed by atoms with Gasteiger partial charge in [0.05, 0.1) is 0 Å². The monoisotopic (exact) mass is 364 g/mol. The van der Waals surface area contributed by atoms with E-state index in [9.17, 15) is 14.7 Å². The second-order valence-corrected chi connectivity index (χ2v) is 7.15. The number of nitrogens with zero attached hydrogens (tertiary/aromatic N) is 2. The topological polar surface area (TPSA) is 83.6 Å². The van der Waals surface area contributed by atoms with Crippen molar-refractivity contribution in [3.8, 4) is 11.1 Å². The maximum absolute atomic E-state index is 12.1. The Hall–Kier alpha value is -3.15. The van der Waals surface area contributed by atoms with Crippen molar-refractivity contribution in [1.29, 1.82) is 0 Å². The Morgan fingerprint density at radius 2 is 2.00 bits per heavy atom. The predicted molar refractivity (Wildman–Crippen MR) is 103 cm³/mol. The van der Waals surface area contributed by atoms with Crippen molar-refractivity contribution in [1.82, 2.24) is 4.98 Å². The number of rotatable bonds is 3. The highest BCUT2D eigenvalue weighted by molar-refractivity contribution is 5.93. The van der Waals surface area contributed by atoms with Crippen molar-refractivity contribution in [3.05, 3.63) is 58.4 Å². The third-order valence-electron chi connectivity index (χ3n) is 5.41. The molecule has 3 heterocycles. The largest absolute Gasteiger partial charge is 0.480 e. The Kier molecular flexibility index (Phi) is 3.98. The number of carbonyl (C=O) groups is 1. The Bertz CT molecular complexity index is 1100. The smallest absolute Gasteiger partial charge is 0.338 e. The van der Waals surface area contributed by atoms with Gasteiger partial charge in [0, 0.05) is 23.6 Å². The molecule has 0 bridgehead atoms. The lowest BCUT2D eigenvalue weighted by Gasteiger charge is -2.32. The van der Waals surface area contributed by atoms with Crippen LogP contribution in [0.3, 0.4) is 0 Å². The summed E-state index contributed by atoms with van der Waals surface area (Å²) in [6, 6.07) is 12.9. The number of pyridine rings is 1. The molecule has 3 aromatic rings. The van der Waals surface area contributed by atoms with Crippen molar-refractivity contribution < 1.29 is 14.3 Å². The van der Waals surface area contributed by atoms with Gasteiger partial charge in [-0.15, -0.1) is 0 Å². The number of anilines is 1. The molecule has 0 radical (unpaired) electrons. The van der Waals surface area contributed by atoms with E-state index in [2.05, 4.69) is 4.98 Å². The van der Waals surface area contributed by atoms with Crippen LogP contribution in [-0.4, -0.2) is 28.1 Å². The van der Waals surface area contributed by atoms with E-state index in [-0.39, 0.29) is 5.71 Å². The first kappa shape index (κ1) is 17.3. The number of aromatic nitrogens is 1. The molecule has 1 atom stereocenters. The first-order valence-corrected chi connectivity index (χ1v) is 8.92. The van der Waals surface area contributed by atoms with Gasteiger partial charge in [0.1, 0.15) is 11.4 Å². The summed E-state index contributed by atoms with van der Waals surface area (Å²) < 4.78 is 5.35. The van der Waals surface area contributed by atoms with Gasteiger partial charge in [0.25, 0.3) is 0 Å². The first-order chi connectivity index (χ1) is 12.9. The lowest BCUT2D eigenvalue weighted by Crippen LogP contribution is -2.48. The second kappa shape index (κ2) is 6.23. The standard InChI is InChI=1S/C21H20N2O4/c1-13-6-3-4-7-14(13)16-12-18(24)27-19-15(16)8-9-17(22-19)23-11-5-10-21(23,2)20(25)26/h3-4,6-9,12H,5,10-11H2,1-2H3,(H,25,26). The van der Waals surface area contributed by atoms with Crippen LogP contribution < -0.4 is 10.5 Å². The van der Waals surface area contributed by atoms with Crippen LogP contribution in [0.4, 0.5) is 5.82 Å². The first-order valence-electron chi connectivity index (χ1n) is 8.92. The van der Waals surface area contributed by atoms with Gasteiger partial charge in [0.15, 0.2) is 0 Å². The van der Waals surface area contributed by atoms with Gasteiger partial charge in [-0.25, -0.2) is 9.59 Å². The highest BCUT2D eigenvalue weighted by atomic mass is 16.4. The molecule has 138 valence electrons. The molecule has 0 spiro atoms. The van der Waals surface area contributed by atoms with Crippen LogP contribution >= 0.6 is 0 Å². The number of carboxylic acids is 1. The lowest BCUT2D eigenvalue weighted by molar-refractivity contribution is -0.142. The minimum Gasteiger partial charge on any atom is -0.480 e. The van der Waals surface area contributed by atoms with Gasteiger partial charge in [0.2, 0.25) is 5.71 Å². The minimum absolute atomic E-state index is 0.220. The molecule has 1 saturated heterocycles. The van der Waals surface area contributed by atoms with E-state index in [1.54, 1.807) is 17.9 Å². The Balaban J connectivity index is 1.89. The zero-order valence-electron chi connectivity index (χ0n) is 15.2. The average Bonchev–Trinajstić information content (AvgIpc) is 3.04. The maximum atomic E-state index is 12.1. The quantitative estimate of drug-likeness (QED) is 0.764. The van der Waals surface area contributed by atoms with E-state index < -0.39 is 17.1 Å². The summed E-state index contributed by atoms with van der Waals surface area (Å²) in [6.07, 6.45) is 1.32. The molecule has 4 rings (SSSR count). The van der Waals surface area contributed by atoms with E-state index in [4.69, 9.17) is 4.42 Å². The number of fused-ring (bicyclic) bond motifs is 1. The Labute approximate surface area is 156 Å². The van der Waals surface area contributed by atoms with Crippen molar-refractivity contribution in [2.24, 2.45) is 0 Å². The second-order valence-electron chi connectivity index (χ2n) is 7.15. The van der Waals surface area contributed by atoms with Crippen LogP contribution in [0.25, 0.3) is 22.2 Å². The summed E-state index contributed by atoms with van der Waals surface area (Å²) in [5.74, 6) is -0.369. The summed E-state index contributed by atoms with van der Waals surface area (Å²) in [7, 11) is 0. The summed E-state index contributed by atoms with van der Waals surface area (Å²) in [4.78, 5) is 30.2. The highest BCUT2D eigenvalue weighted by Crippen LogP contribution is 2.35. The molecule has 0 amide bonds. The molecule has 6 heteroatoms. The number of hydrogen-bond donors (Lipinski definition) is 1. The third-order valence-corrected chi connectivity index (χ3v) is 5.41. The zero-order chi connectivity index (χ0) is 19.2. The molecule has 0 saturated carbocycles. The SMILES string of the molecule is Cc1ccccc1-c1cc(=O)oc2nc(N3CCCC3(C)C(=O)O)ccc12. The van der Waals surface area contributed by atoms with Crippen molar-refractivity contribution >= 4 is 22.9 Å². The third kappa shape index (κ3) is 2.77. The number of hydrogen-bond acceptors (Lipinski definition) is 5. The number of aryl methyl sites for hydroxylation is 1. The average molecular weight is 364 g/mol. The highest BCUT2D eigenvalue weighted by Gasteiger charge is 2.44. The normalized spacial score (nSPS) is 19.6. The zero-order valence-corrected chi connectivity index (χ0v) is 15.2. The van der Waals surface area contributed by atoms with Crippen LogP contribution in [-0.2, 0) is 4.79 Å². The van der Waals surface area contributed by atoms with Gasteiger partial charge in [-0.1, -0.05) is 24.3 Å². The number of carboxylic acid groups (broad SMARTS) is 1. The van der Waals surface area contributed by atoms with E-state index in [0.717, 1.165) is 28.5 Å². The molecule has 1 fully saturated rings. The van der Waals surface area contributed by atoms with E-state index in [0.29, 0.717) is 18.8 Å². The summed E-state index contributed by atoms with van der Waals surface area (Å²) in [6.45, 7) is 4.29. The molecule has 1 aliphatic rings. The lowest BCUT2D eigenvalue weighted by atomic mass is 9.98. The maximum Gasteiger partial charge on any atom is 0.338 e. The number of benzene rings is 1. The van der Waals surface area contributed by atoms with Crippen molar-refractivity contribution in [2.75, 3.05) is 11.4 Å². The number of aliphatic carboxylic acids is 1. The van der Waals surface area contributed by atoms with Gasteiger partial charge in [-0.2, -0.15) is 4.98 Å². The Morgan fingerprint density at radius 3 is 2.74 bits per heavy atom. The fourth-order valence-electron chi connectivity index (χ4n) is 3.83. The van der Waals surface area contributed by atoms with E-state index in [1.807, 2.05) is 37.3 Å². The van der Waals surface area contributed by atoms with Gasteiger partial charge >= 0.3 is 11.6 Å². The van der Waals surface area contributed by atoms with Crippen LogP contribution in [0.1, 0.15) is 25.3 Å². The van der Waals surface area contributed by atoms with Crippen molar-refractivity contribution in [3.63, 3.8) is 0 Å². The van der Waals surface area contributed by atoms with E-state index >= 15 is 0 Å². The summed E-state index contributed by atoms with van der Waals surface area (Å²) >= 11 is 0. The van der Waals surface area contributed by atoms with Crippen LogP contribution in [0, 0.1) is 6.92 Å². The predicted octanol–water partition coefficient (Wildman–Crippen LogP) is 3.61. The molecule has 6 nitrogen and oxygen atoms in total. The Morgan fingerprint density at radius 1 is 1.22 bits per heavy atom. The molecule has 1 aliphatic heterocycles. The van der Waals surface area contributed by atoms with Crippen molar-refractivity contribution in [2.45, 2.75) is 32.2 Å². The molecule has 2 aromatic heterocycles. The molecule has 1 unspecified atom stereocenters. The van der Waals surface area contributed by atoms with Crippen LogP contribution in [0.15, 0.2) is 51.7 Å². The fraction of sp³-hybridized carbons (Fsp3) is 0.286. The van der Waals surface area contributed by atoms with Gasteiger partial charge in [-0.05, 0) is 49.9 Å². The van der Waals surface area contributed by atoms with Crippen LogP contribution in [0.5, 0.6) is 0 Å². The molecule has 27 heavy (non-hydrogen) atoms. The van der Waals surface area contributed by atoms with Gasteiger partial charge in [-0.3, -0.25) is 0 Å². The van der Waals surface area contributed by atoms with Crippen LogP contribution in [0.2, 0.25) is 0 Å². The van der Waals surface area contributed by atoms with Gasteiger partial charge < -0.3 is 14.4 Å². The fourth-order valence-corrected chi connectivity index (χ4v) is 3.83. The minimum atomic E-state index is -1.01. The molecular formula is C21H20N2O4. The summed E-state index contributed by atoms with van der Waals surface area (Å²) in [5.41, 5.74) is 1.49. The summed E-state index contributed by atoms with van der Waals surface area (Å²) in [5, 5.41) is 10.4. The molecule has 1 N–H and O–H groups in total. The van der Waals surface area contributed by atoms with E-state index in [1.165, 1.54) is 6.07 Å².